The van der Waals surface area contributed by atoms with E-state index in [1.54, 1.807) is 25.1 Å². The van der Waals surface area contributed by atoms with Gasteiger partial charge in [-0.25, -0.2) is 9.37 Å². The molecular weight excluding hydrogens is 303 g/mol. The molecule has 0 unspecified atom stereocenters. The number of aryl methyl sites for hydroxylation is 2. The van der Waals surface area contributed by atoms with Crippen LogP contribution in [0.2, 0.25) is 0 Å². The lowest BCUT2D eigenvalue weighted by atomic mass is 10.1. The highest BCUT2D eigenvalue weighted by Gasteiger charge is 2.15. The number of hydrogen-bond acceptors (Lipinski definition) is 4. The lowest BCUT2D eigenvalue weighted by molar-refractivity contribution is 0.102. The molecule has 1 N–H and O–H groups in total. The van der Waals surface area contributed by atoms with Crippen LogP contribution >= 0.6 is 11.3 Å². The van der Waals surface area contributed by atoms with Gasteiger partial charge in [0.05, 0.1) is 17.5 Å². The van der Waals surface area contributed by atoms with Gasteiger partial charge in [0.15, 0.2) is 5.13 Å². The fraction of sp³-hybridized carbons (Fsp3) is 0.125. The van der Waals surface area contributed by atoms with E-state index >= 15 is 0 Å². The maximum atomic E-state index is 13.0. The smallest absolute Gasteiger partial charge is 0.260 e. The zero-order valence-electron chi connectivity index (χ0n) is 12.0. The minimum atomic E-state index is -0.291. The average molecular weight is 316 g/mol. The molecule has 0 radical (unpaired) electrons. The molecule has 0 saturated carbocycles. The zero-order chi connectivity index (χ0) is 15.7. The van der Waals surface area contributed by atoms with Gasteiger partial charge < -0.3 is 4.42 Å². The number of anilines is 1. The zero-order valence-corrected chi connectivity index (χ0v) is 12.8. The van der Waals surface area contributed by atoms with E-state index in [2.05, 4.69) is 10.3 Å². The van der Waals surface area contributed by atoms with Gasteiger partial charge in [-0.1, -0.05) is 0 Å². The predicted molar refractivity (Wildman–Crippen MR) is 83.6 cm³/mol. The van der Waals surface area contributed by atoms with E-state index in [4.69, 9.17) is 4.42 Å². The molecule has 1 aromatic carbocycles. The van der Waals surface area contributed by atoms with Gasteiger partial charge in [0.2, 0.25) is 0 Å². The quantitative estimate of drug-likeness (QED) is 0.778. The highest BCUT2D eigenvalue weighted by molar-refractivity contribution is 7.16. The van der Waals surface area contributed by atoms with Gasteiger partial charge in [0, 0.05) is 10.4 Å². The van der Waals surface area contributed by atoms with E-state index in [0.29, 0.717) is 16.5 Å². The number of halogens is 1. The molecule has 22 heavy (non-hydrogen) atoms. The number of hydrogen-bond donors (Lipinski definition) is 1. The monoisotopic (exact) mass is 316 g/mol. The molecule has 0 spiro atoms. The second-order valence-corrected chi connectivity index (χ2v) is 5.98. The summed E-state index contributed by atoms with van der Waals surface area (Å²) in [6, 6.07) is 7.74. The maximum Gasteiger partial charge on any atom is 0.260 e. The topological polar surface area (TPSA) is 55.1 Å². The third-order valence-corrected chi connectivity index (χ3v) is 4.12. The molecule has 0 aliphatic carbocycles. The van der Waals surface area contributed by atoms with Gasteiger partial charge in [0.25, 0.3) is 5.91 Å². The molecule has 0 saturated heterocycles. The Morgan fingerprint density at radius 1 is 1.23 bits per heavy atom. The van der Waals surface area contributed by atoms with Crippen molar-refractivity contribution in [1.29, 1.82) is 0 Å². The molecule has 112 valence electrons. The Morgan fingerprint density at radius 2 is 1.95 bits per heavy atom. The summed E-state index contributed by atoms with van der Waals surface area (Å²) in [5.41, 5.74) is 2.04. The van der Waals surface area contributed by atoms with Crippen molar-refractivity contribution in [3.05, 3.63) is 58.6 Å². The number of furan rings is 1. The van der Waals surface area contributed by atoms with Crippen molar-refractivity contribution < 1.29 is 13.6 Å². The van der Waals surface area contributed by atoms with Crippen LogP contribution in [0.3, 0.4) is 0 Å². The third kappa shape index (κ3) is 2.78. The van der Waals surface area contributed by atoms with Crippen molar-refractivity contribution in [3.63, 3.8) is 0 Å². The van der Waals surface area contributed by atoms with Crippen molar-refractivity contribution >= 4 is 22.4 Å². The van der Waals surface area contributed by atoms with Gasteiger partial charge in [0.1, 0.15) is 11.6 Å². The van der Waals surface area contributed by atoms with Crippen molar-refractivity contribution in [1.82, 2.24) is 4.98 Å². The molecule has 0 atom stereocenters. The van der Waals surface area contributed by atoms with E-state index in [0.717, 1.165) is 16.1 Å². The second-order valence-electron chi connectivity index (χ2n) is 4.78. The highest BCUT2D eigenvalue weighted by Crippen LogP contribution is 2.30. The Hall–Kier alpha value is -2.47. The number of benzene rings is 1. The molecule has 1 amide bonds. The first-order valence-electron chi connectivity index (χ1n) is 6.63. The van der Waals surface area contributed by atoms with Gasteiger partial charge in [-0.2, -0.15) is 0 Å². The van der Waals surface area contributed by atoms with E-state index < -0.39 is 0 Å². The van der Waals surface area contributed by atoms with Crippen LogP contribution in [0.15, 0.2) is 41.0 Å². The molecule has 3 aromatic rings. The number of aromatic nitrogens is 1. The van der Waals surface area contributed by atoms with Crippen LogP contribution < -0.4 is 5.32 Å². The molecule has 0 aliphatic heterocycles. The fourth-order valence-electron chi connectivity index (χ4n) is 2.11. The minimum Gasteiger partial charge on any atom is -0.469 e. The summed E-state index contributed by atoms with van der Waals surface area (Å²) >= 11 is 1.38. The predicted octanol–water partition coefficient (Wildman–Crippen LogP) is 4.41. The lowest BCUT2D eigenvalue weighted by Crippen LogP contribution is -2.11. The van der Waals surface area contributed by atoms with Crippen molar-refractivity contribution in [2.24, 2.45) is 0 Å². The molecular formula is C16H13FN2O2S. The second kappa shape index (κ2) is 5.73. The maximum absolute atomic E-state index is 13.0. The summed E-state index contributed by atoms with van der Waals surface area (Å²) in [7, 11) is 0. The molecule has 4 nitrogen and oxygen atoms in total. The first-order valence-corrected chi connectivity index (χ1v) is 7.45. The summed E-state index contributed by atoms with van der Waals surface area (Å²) in [4.78, 5) is 17.5. The summed E-state index contributed by atoms with van der Waals surface area (Å²) in [6.45, 7) is 3.64. The van der Waals surface area contributed by atoms with Crippen LogP contribution in [-0.2, 0) is 0 Å². The molecule has 0 fully saturated rings. The number of carbonyl (C=O) groups is 1. The lowest BCUT2D eigenvalue weighted by Gasteiger charge is -2.00. The van der Waals surface area contributed by atoms with Crippen molar-refractivity contribution in [2.75, 3.05) is 5.32 Å². The van der Waals surface area contributed by atoms with Gasteiger partial charge in [-0.3, -0.25) is 10.1 Å². The Bertz CT molecular complexity index is 821. The van der Waals surface area contributed by atoms with E-state index in [-0.39, 0.29) is 11.7 Å². The van der Waals surface area contributed by atoms with Crippen LogP contribution in [0.25, 0.3) is 11.3 Å². The van der Waals surface area contributed by atoms with Crippen molar-refractivity contribution in [3.8, 4) is 11.3 Å². The average Bonchev–Trinajstić information content (AvgIpc) is 3.06. The minimum absolute atomic E-state index is 0.259. The molecule has 0 aliphatic rings. The number of rotatable bonds is 3. The Labute approximate surface area is 130 Å². The Balaban J connectivity index is 1.85. The number of nitrogens with one attached hydrogen (secondary N) is 1. The van der Waals surface area contributed by atoms with Crippen LogP contribution in [0, 0.1) is 19.7 Å². The van der Waals surface area contributed by atoms with E-state index in [1.165, 1.54) is 29.7 Å². The summed E-state index contributed by atoms with van der Waals surface area (Å²) in [5.74, 6) is 0.00999. The third-order valence-electron chi connectivity index (χ3n) is 3.24. The normalized spacial score (nSPS) is 10.7. The van der Waals surface area contributed by atoms with Gasteiger partial charge in [-0.15, -0.1) is 11.3 Å². The summed E-state index contributed by atoms with van der Waals surface area (Å²) in [5, 5.41) is 3.26. The number of thiazole rings is 1. The Kier molecular flexibility index (Phi) is 3.77. The molecule has 2 heterocycles. The number of carbonyl (C=O) groups excluding carboxylic acids is 1. The van der Waals surface area contributed by atoms with Gasteiger partial charge >= 0.3 is 0 Å². The van der Waals surface area contributed by atoms with Crippen LogP contribution in [0.1, 0.15) is 21.0 Å². The Morgan fingerprint density at radius 3 is 2.59 bits per heavy atom. The van der Waals surface area contributed by atoms with Crippen LogP contribution in [0.4, 0.5) is 9.52 Å². The SMILES string of the molecule is Cc1occc1C(=O)Nc1nc(-c2ccc(F)cc2)c(C)s1. The van der Waals surface area contributed by atoms with Crippen LogP contribution in [-0.4, -0.2) is 10.9 Å². The first-order chi connectivity index (χ1) is 10.5. The van der Waals surface area contributed by atoms with Crippen LogP contribution in [0.5, 0.6) is 0 Å². The molecule has 3 rings (SSSR count). The van der Waals surface area contributed by atoms with E-state index in [1.807, 2.05) is 6.92 Å². The first kappa shape index (κ1) is 14.5. The summed E-state index contributed by atoms with van der Waals surface area (Å²) < 4.78 is 18.1. The summed E-state index contributed by atoms with van der Waals surface area (Å²) in [6.07, 6.45) is 1.47. The molecule has 0 bridgehead atoms. The number of amides is 1. The fourth-order valence-corrected chi connectivity index (χ4v) is 2.94. The molecule has 6 heteroatoms. The van der Waals surface area contributed by atoms with E-state index in [9.17, 15) is 9.18 Å². The standard InChI is InChI=1S/C16H13FN2O2S/c1-9-13(7-8-21-9)15(20)19-16-18-14(10(2)22-16)11-3-5-12(17)6-4-11/h3-8H,1-2H3,(H,18,19,20). The molecule has 2 aromatic heterocycles. The number of nitrogens with zero attached hydrogens (tertiary/aromatic N) is 1. The van der Waals surface area contributed by atoms with Gasteiger partial charge in [-0.05, 0) is 44.2 Å². The highest BCUT2D eigenvalue weighted by atomic mass is 32.1. The largest absolute Gasteiger partial charge is 0.469 e. The van der Waals surface area contributed by atoms with Crippen molar-refractivity contribution in [2.45, 2.75) is 13.8 Å².